The van der Waals surface area contributed by atoms with E-state index in [0.29, 0.717) is 9.54 Å². The molecule has 3 aromatic carbocycles. The van der Waals surface area contributed by atoms with Crippen molar-refractivity contribution >= 4 is 5.57 Å². The van der Waals surface area contributed by atoms with E-state index in [1.807, 2.05) is 0 Å². The number of halogens is 2. The summed E-state index contributed by atoms with van der Waals surface area (Å²) in [4.78, 5) is 0. The van der Waals surface area contributed by atoms with E-state index in [-0.39, 0.29) is 35.6 Å². The van der Waals surface area contributed by atoms with Crippen molar-refractivity contribution in [3.63, 3.8) is 0 Å². The molecule has 2 aliphatic carbocycles. The molecular weight excluding hydrogens is 558 g/mol. The van der Waals surface area contributed by atoms with Gasteiger partial charge in [-0.1, -0.05) is 0 Å². The minimum absolute atomic E-state index is 0. The summed E-state index contributed by atoms with van der Waals surface area (Å²) in [6.07, 6.45) is 5.02. The van der Waals surface area contributed by atoms with Crippen molar-refractivity contribution in [2.45, 2.75) is 62.9 Å². The van der Waals surface area contributed by atoms with Crippen LogP contribution < -0.4 is 24.8 Å². The van der Waals surface area contributed by atoms with Crippen molar-refractivity contribution in [1.29, 1.82) is 0 Å². The fourth-order valence-corrected chi connectivity index (χ4v) is 9.40. The molecular formula is C33H36Cl2Zr. The van der Waals surface area contributed by atoms with Crippen molar-refractivity contribution in [2.24, 2.45) is 5.92 Å². The topological polar surface area (TPSA) is 0 Å². The molecule has 0 spiro atoms. The van der Waals surface area contributed by atoms with Crippen LogP contribution in [0.1, 0.15) is 79.9 Å². The summed E-state index contributed by atoms with van der Waals surface area (Å²) in [5.74, 6) is 0.547. The number of hydrogen-bond donors (Lipinski definition) is 0. The van der Waals surface area contributed by atoms with Gasteiger partial charge in [-0.3, -0.25) is 0 Å². The maximum Gasteiger partial charge on any atom is -1.00 e. The van der Waals surface area contributed by atoms with Crippen LogP contribution in [0.5, 0.6) is 0 Å². The molecule has 1 atom stereocenters. The predicted octanol–water partition coefficient (Wildman–Crippen LogP) is 3.06. The van der Waals surface area contributed by atoms with E-state index in [1.54, 1.807) is 14.4 Å². The van der Waals surface area contributed by atoms with Crippen molar-refractivity contribution in [3.8, 4) is 11.1 Å². The third-order valence-corrected chi connectivity index (χ3v) is 11.9. The van der Waals surface area contributed by atoms with Crippen LogP contribution in [0.15, 0.2) is 82.2 Å². The summed E-state index contributed by atoms with van der Waals surface area (Å²) in [7, 11) is 0. The first-order valence-electron chi connectivity index (χ1n) is 12.6. The molecule has 0 fully saturated rings. The van der Waals surface area contributed by atoms with Crippen LogP contribution in [-0.4, -0.2) is 0 Å². The average molecular weight is 595 g/mol. The van der Waals surface area contributed by atoms with E-state index in [1.165, 1.54) is 33.4 Å². The molecule has 0 heterocycles. The van der Waals surface area contributed by atoms with Gasteiger partial charge < -0.3 is 24.8 Å². The van der Waals surface area contributed by atoms with Gasteiger partial charge in [-0.25, -0.2) is 0 Å². The first kappa shape index (κ1) is 29.2. The van der Waals surface area contributed by atoms with Crippen LogP contribution in [0.4, 0.5) is 0 Å². The van der Waals surface area contributed by atoms with E-state index in [0.717, 1.165) is 0 Å². The Bertz CT molecular complexity index is 1240. The van der Waals surface area contributed by atoms with Crippen molar-refractivity contribution in [3.05, 3.63) is 110 Å². The first-order valence-corrected chi connectivity index (χ1v) is 15.2. The second kappa shape index (κ2) is 10.8. The Morgan fingerprint density at radius 1 is 0.667 bits per heavy atom. The third kappa shape index (κ3) is 5.55. The van der Waals surface area contributed by atoms with Gasteiger partial charge in [-0.2, -0.15) is 0 Å². The molecule has 0 nitrogen and oxygen atoms in total. The van der Waals surface area contributed by atoms with Gasteiger partial charge in [0, 0.05) is 0 Å². The van der Waals surface area contributed by atoms with Crippen molar-refractivity contribution < 1.29 is 48.0 Å². The van der Waals surface area contributed by atoms with Gasteiger partial charge in [-0.05, 0) is 0 Å². The van der Waals surface area contributed by atoms with E-state index in [2.05, 4.69) is 127 Å². The van der Waals surface area contributed by atoms with E-state index in [9.17, 15) is 0 Å². The zero-order chi connectivity index (χ0) is 24.3. The summed E-state index contributed by atoms with van der Waals surface area (Å²) in [6.45, 7) is 16.4. The Morgan fingerprint density at radius 3 is 1.64 bits per heavy atom. The minimum Gasteiger partial charge on any atom is -1.00 e. The van der Waals surface area contributed by atoms with E-state index in [4.69, 9.17) is 0 Å². The maximum atomic E-state index is 2.54. The van der Waals surface area contributed by atoms with Gasteiger partial charge >= 0.3 is 219 Å². The Balaban J connectivity index is 0.00000180. The number of allylic oxidation sites excluding steroid dienone is 4. The van der Waals surface area contributed by atoms with Crippen LogP contribution in [0.3, 0.4) is 0 Å². The normalized spacial score (nSPS) is 16.7. The number of rotatable bonds is 3. The fourth-order valence-electron chi connectivity index (χ4n) is 5.21. The molecule has 0 amide bonds. The third-order valence-electron chi connectivity index (χ3n) is 7.40. The van der Waals surface area contributed by atoms with Crippen molar-refractivity contribution in [2.75, 3.05) is 0 Å². The zero-order valence-electron chi connectivity index (χ0n) is 22.4. The van der Waals surface area contributed by atoms with Crippen LogP contribution in [-0.2, 0) is 34.1 Å². The molecule has 3 aromatic rings. The van der Waals surface area contributed by atoms with Crippen LogP contribution in [0.2, 0.25) is 0 Å². The molecule has 0 saturated carbocycles. The minimum atomic E-state index is -0.912. The summed E-state index contributed by atoms with van der Waals surface area (Å²) in [5.41, 5.74) is 12.1. The van der Waals surface area contributed by atoms with Gasteiger partial charge in [0.25, 0.3) is 0 Å². The largest absolute Gasteiger partial charge is 1.00 e. The average Bonchev–Trinajstić information content (AvgIpc) is 3.31. The van der Waals surface area contributed by atoms with Gasteiger partial charge in [0.1, 0.15) is 0 Å². The molecule has 36 heavy (non-hydrogen) atoms. The maximum absolute atomic E-state index is 2.54. The predicted molar refractivity (Wildman–Crippen MR) is 143 cm³/mol. The summed E-state index contributed by atoms with van der Waals surface area (Å²) in [5, 5.41) is 0. The first-order chi connectivity index (χ1) is 16.0. The van der Waals surface area contributed by atoms with E-state index >= 15 is 0 Å². The van der Waals surface area contributed by atoms with Crippen LogP contribution in [0.25, 0.3) is 16.7 Å². The number of fused-ring (bicyclic) bond motifs is 3. The molecule has 0 radical (unpaired) electrons. The smallest absolute Gasteiger partial charge is 1.00 e. The summed E-state index contributed by atoms with van der Waals surface area (Å²) < 4.78 is 2.30. The fraction of sp³-hybridized carbons (Fsp3) is 0.333. The molecule has 0 aromatic heterocycles. The van der Waals surface area contributed by atoms with Crippen LogP contribution in [0, 0.1) is 5.92 Å². The van der Waals surface area contributed by atoms with Gasteiger partial charge in [-0.15, -0.1) is 0 Å². The summed E-state index contributed by atoms with van der Waals surface area (Å²) in [6, 6.07) is 25.5. The van der Waals surface area contributed by atoms with E-state index < -0.39 is 23.2 Å². The molecule has 0 saturated heterocycles. The van der Waals surface area contributed by atoms with Gasteiger partial charge in [0.15, 0.2) is 0 Å². The zero-order valence-corrected chi connectivity index (χ0v) is 26.4. The monoisotopic (exact) mass is 592 g/mol. The molecule has 0 aliphatic heterocycles. The Hall–Kier alpha value is -1.40. The number of benzene rings is 3. The molecule has 2 aliphatic rings. The molecule has 5 rings (SSSR count). The number of hydrogen-bond acceptors (Lipinski definition) is 0. The quantitative estimate of drug-likeness (QED) is 0.438. The molecule has 1 unspecified atom stereocenters. The van der Waals surface area contributed by atoms with Gasteiger partial charge in [0.2, 0.25) is 0 Å². The van der Waals surface area contributed by atoms with Crippen LogP contribution >= 0.6 is 0 Å². The Morgan fingerprint density at radius 2 is 1.17 bits per heavy atom. The standard InChI is InChI=1S/C21H25.C12H11.2ClH.Zr/c1-20(2,3)16-7-9-18-14(12-16)11-15-13-17(21(4,5)6)8-10-19(15)18;1-10-7-8-12(9-10)11-5-3-2-4-6-11;;;/h7-13H,1-6H3;2-6,8-10H,1H3;2*1H;/q;;;;+2/p-2. The summed E-state index contributed by atoms with van der Waals surface area (Å²) >= 11 is -0.912. The Labute approximate surface area is 242 Å². The van der Waals surface area contributed by atoms with Crippen molar-refractivity contribution in [1.82, 2.24) is 0 Å². The second-order valence-corrected chi connectivity index (χ2v) is 15.6. The second-order valence-electron chi connectivity index (χ2n) is 12.1. The van der Waals surface area contributed by atoms with Gasteiger partial charge in [0.05, 0.1) is 0 Å². The molecule has 3 heteroatoms. The molecule has 0 bridgehead atoms. The molecule has 0 N–H and O–H groups in total. The SMILES string of the molecule is CC1C=C(c2ccccc2)C=[C]1[Zr+2][CH]1c2cc(C(C)(C)C)ccc2-c2ccc(C(C)(C)C)cc21.[Cl-].[Cl-]. The Kier molecular flexibility index (Phi) is 8.72. The molecule has 186 valence electrons.